The first-order chi connectivity index (χ1) is 18.6. The highest BCUT2D eigenvalue weighted by atomic mass is 16.6. The van der Waals surface area contributed by atoms with Crippen molar-refractivity contribution in [1.82, 2.24) is 10.2 Å². The highest BCUT2D eigenvalue weighted by molar-refractivity contribution is 6.14. The van der Waals surface area contributed by atoms with E-state index in [1.54, 1.807) is 0 Å². The van der Waals surface area contributed by atoms with Crippen molar-refractivity contribution in [2.75, 3.05) is 7.11 Å². The molecule has 0 aliphatic carbocycles. The SMILES string of the molecule is COC(=O)c1ccc(CN2C(=O)N/C(=C\c3cc([N+](=O)[O-])ccc3OC(=O)c3ccc([N+](=O)[O-])cc3)C2=O)o1. The first-order valence-corrected chi connectivity index (χ1v) is 10.8. The number of methoxy groups -OCH3 is 1. The molecule has 3 aromatic rings. The lowest BCUT2D eigenvalue weighted by molar-refractivity contribution is -0.385. The van der Waals surface area contributed by atoms with Gasteiger partial charge < -0.3 is 19.2 Å². The number of benzene rings is 2. The Morgan fingerprint density at radius 2 is 1.64 bits per heavy atom. The van der Waals surface area contributed by atoms with Crippen LogP contribution in [0.25, 0.3) is 6.08 Å². The molecule has 0 atom stereocenters. The van der Waals surface area contributed by atoms with Gasteiger partial charge in [0, 0.05) is 29.8 Å². The van der Waals surface area contributed by atoms with Crippen molar-refractivity contribution in [1.29, 1.82) is 0 Å². The van der Waals surface area contributed by atoms with E-state index in [9.17, 15) is 39.4 Å². The molecule has 1 saturated heterocycles. The molecule has 1 fully saturated rings. The van der Waals surface area contributed by atoms with Crippen LogP contribution in [0.15, 0.2) is 64.7 Å². The van der Waals surface area contributed by atoms with E-state index in [0.29, 0.717) is 0 Å². The van der Waals surface area contributed by atoms with Crippen molar-refractivity contribution >= 4 is 41.3 Å². The van der Waals surface area contributed by atoms with Crippen molar-refractivity contribution < 1.29 is 42.9 Å². The number of nitro benzene ring substituents is 2. The van der Waals surface area contributed by atoms with E-state index in [4.69, 9.17) is 9.15 Å². The monoisotopic (exact) mass is 536 g/mol. The maximum Gasteiger partial charge on any atom is 0.373 e. The van der Waals surface area contributed by atoms with Crippen molar-refractivity contribution in [2.45, 2.75) is 6.54 Å². The van der Waals surface area contributed by atoms with Crippen molar-refractivity contribution in [3.05, 3.63) is 103 Å². The number of amides is 3. The summed E-state index contributed by atoms with van der Waals surface area (Å²) >= 11 is 0. The number of nitro groups is 2. The minimum absolute atomic E-state index is 0.0428. The second-order valence-electron chi connectivity index (χ2n) is 7.81. The molecule has 4 rings (SSSR count). The zero-order chi connectivity index (χ0) is 28.3. The largest absolute Gasteiger partial charge is 0.463 e. The molecule has 1 aliphatic heterocycles. The van der Waals surface area contributed by atoms with E-state index < -0.39 is 39.4 Å². The number of carbonyl (C=O) groups excluding carboxylic acids is 4. The van der Waals surface area contributed by atoms with Gasteiger partial charge >= 0.3 is 18.0 Å². The Bertz CT molecular complexity index is 1560. The Kier molecular flexibility index (Phi) is 7.15. The third kappa shape index (κ3) is 5.61. The molecule has 2 heterocycles. The van der Waals surface area contributed by atoms with E-state index in [-0.39, 0.29) is 46.3 Å². The Morgan fingerprint density at radius 1 is 0.974 bits per heavy atom. The highest BCUT2D eigenvalue weighted by Gasteiger charge is 2.35. The van der Waals surface area contributed by atoms with Crippen LogP contribution in [0.2, 0.25) is 0 Å². The number of carbonyl (C=O) groups is 4. The number of furan rings is 1. The number of ether oxygens (including phenoxy) is 2. The number of imide groups is 1. The van der Waals surface area contributed by atoms with Gasteiger partial charge in [0.1, 0.15) is 17.2 Å². The quantitative estimate of drug-likeness (QED) is 0.111. The van der Waals surface area contributed by atoms with Gasteiger partial charge in [-0.25, -0.2) is 14.4 Å². The molecule has 0 unspecified atom stereocenters. The summed E-state index contributed by atoms with van der Waals surface area (Å²) < 4.78 is 15.1. The van der Waals surface area contributed by atoms with Gasteiger partial charge in [-0.1, -0.05) is 0 Å². The number of hydrogen-bond acceptors (Lipinski definition) is 11. The fourth-order valence-corrected chi connectivity index (χ4v) is 3.43. The molecule has 2 aromatic carbocycles. The minimum Gasteiger partial charge on any atom is -0.463 e. The van der Waals surface area contributed by atoms with Gasteiger partial charge in [-0.05, 0) is 36.4 Å². The molecule has 198 valence electrons. The number of urea groups is 1. The molecule has 3 amide bonds. The van der Waals surface area contributed by atoms with Gasteiger partial charge in [-0.3, -0.25) is 29.9 Å². The maximum absolute atomic E-state index is 12.9. The van der Waals surface area contributed by atoms with E-state index >= 15 is 0 Å². The lowest BCUT2D eigenvalue weighted by atomic mass is 10.1. The molecule has 0 radical (unpaired) electrons. The van der Waals surface area contributed by atoms with E-state index in [1.165, 1.54) is 24.3 Å². The van der Waals surface area contributed by atoms with E-state index in [1.807, 2.05) is 0 Å². The summed E-state index contributed by atoms with van der Waals surface area (Å²) in [5.74, 6) is -2.72. The first-order valence-electron chi connectivity index (χ1n) is 10.8. The van der Waals surface area contributed by atoms with Crippen molar-refractivity contribution in [2.24, 2.45) is 0 Å². The van der Waals surface area contributed by atoms with Gasteiger partial charge in [0.05, 0.1) is 29.1 Å². The molecular formula is C24H16N4O11. The van der Waals surface area contributed by atoms with Crippen LogP contribution in [-0.4, -0.2) is 45.7 Å². The average Bonchev–Trinajstić information content (AvgIpc) is 3.49. The number of rotatable bonds is 8. The molecule has 1 aromatic heterocycles. The summed E-state index contributed by atoms with van der Waals surface area (Å²) in [7, 11) is 1.16. The molecule has 39 heavy (non-hydrogen) atoms. The predicted octanol–water partition coefficient (Wildman–Crippen LogP) is 3.19. The summed E-state index contributed by atoms with van der Waals surface area (Å²) in [6, 6.07) is 9.62. The van der Waals surface area contributed by atoms with Crippen LogP contribution in [0.5, 0.6) is 5.75 Å². The normalized spacial score (nSPS) is 13.8. The van der Waals surface area contributed by atoms with Gasteiger partial charge in [0.15, 0.2) is 0 Å². The van der Waals surface area contributed by atoms with Gasteiger partial charge in [-0.2, -0.15) is 0 Å². The van der Waals surface area contributed by atoms with Crippen molar-refractivity contribution in [3.63, 3.8) is 0 Å². The summed E-state index contributed by atoms with van der Waals surface area (Å²) in [6.45, 7) is -0.337. The number of esters is 2. The molecule has 1 aliphatic rings. The standard InChI is InChI=1S/C24H16N4O11/c1-37-23(31)20-9-7-17(38-20)12-26-21(29)18(25-24(26)32)11-14-10-16(28(35)36)6-8-19(14)39-22(30)13-2-4-15(5-3-13)27(33)34/h2-11H,12H2,1H3,(H,25,32)/b18-11-. The topological polar surface area (TPSA) is 201 Å². The number of hydrogen-bond donors (Lipinski definition) is 1. The molecule has 15 nitrogen and oxygen atoms in total. The molecule has 0 bridgehead atoms. The van der Waals surface area contributed by atoms with Gasteiger partial charge in [0.2, 0.25) is 5.76 Å². The van der Waals surface area contributed by atoms with Crippen molar-refractivity contribution in [3.8, 4) is 5.75 Å². The molecule has 15 heteroatoms. The zero-order valence-corrected chi connectivity index (χ0v) is 19.8. The van der Waals surface area contributed by atoms with Crippen LogP contribution < -0.4 is 10.1 Å². The molecule has 1 N–H and O–H groups in total. The number of nitrogens with one attached hydrogen (secondary N) is 1. The summed E-state index contributed by atoms with van der Waals surface area (Å²) in [4.78, 5) is 71.1. The van der Waals surface area contributed by atoms with Gasteiger partial charge in [0.25, 0.3) is 17.3 Å². The fraction of sp³-hybridized carbons (Fsp3) is 0.0833. The lowest BCUT2D eigenvalue weighted by Gasteiger charge is -2.09. The van der Waals surface area contributed by atoms with Crippen LogP contribution in [-0.2, 0) is 16.1 Å². The Morgan fingerprint density at radius 3 is 2.28 bits per heavy atom. The van der Waals surface area contributed by atoms with Crippen LogP contribution in [0.3, 0.4) is 0 Å². The zero-order valence-electron chi connectivity index (χ0n) is 19.8. The summed E-state index contributed by atoms with van der Waals surface area (Å²) in [5, 5.41) is 24.5. The maximum atomic E-state index is 12.9. The second kappa shape index (κ2) is 10.6. The van der Waals surface area contributed by atoms with Crippen LogP contribution >= 0.6 is 0 Å². The third-order valence-electron chi connectivity index (χ3n) is 5.35. The summed E-state index contributed by atoms with van der Waals surface area (Å²) in [6.07, 6.45) is 1.09. The Hall–Kier alpha value is -5.86. The van der Waals surface area contributed by atoms with Crippen LogP contribution in [0.4, 0.5) is 16.2 Å². The number of nitrogens with zero attached hydrogens (tertiary/aromatic N) is 3. The Labute approximate surface area is 217 Å². The molecule has 0 saturated carbocycles. The van der Waals surface area contributed by atoms with Gasteiger partial charge in [-0.15, -0.1) is 0 Å². The van der Waals surface area contributed by atoms with E-state index in [0.717, 1.165) is 48.4 Å². The third-order valence-corrected chi connectivity index (χ3v) is 5.35. The molecule has 0 spiro atoms. The fourth-order valence-electron chi connectivity index (χ4n) is 3.43. The van der Waals surface area contributed by atoms with Crippen LogP contribution in [0, 0.1) is 20.2 Å². The minimum atomic E-state index is -0.930. The smallest absolute Gasteiger partial charge is 0.373 e. The number of non-ortho nitro benzene ring substituents is 2. The molecular weight excluding hydrogens is 520 g/mol. The lowest BCUT2D eigenvalue weighted by Crippen LogP contribution is -2.30. The average molecular weight is 536 g/mol. The Balaban J connectivity index is 1.60. The first kappa shape index (κ1) is 26.2. The predicted molar refractivity (Wildman–Crippen MR) is 128 cm³/mol. The highest BCUT2D eigenvalue weighted by Crippen LogP contribution is 2.29. The van der Waals surface area contributed by atoms with Crippen LogP contribution in [0.1, 0.15) is 32.2 Å². The second-order valence-corrected chi connectivity index (χ2v) is 7.81. The summed E-state index contributed by atoms with van der Waals surface area (Å²) in [5.41, 5.74) is -1.05. The van der Waals surface area contributed by atoms with E-state index in [2.05, 4.69) is 10.1 Å².